The third-order valence-corrected chi connectivity index (χ3v) is 2.51. The molecule has 1 fully saturated rings. The molecule has 0 saturated carbocycles. The highest BCUT2D eigenvalue weighted by atomic mass is 16.2. The summed E-state index contributed by atoms with van der Waals surface area (Å²) in [5.74, 6) is 0.546. The number of carbonyl (C=O) groups is 1. The van der Waals surface area contributed by atoms with E-state index in [0.29, 0.717) is 5.84 Å². The highest BCUT2D eigenvalue weighted by Gasteiger charge is 2.14. The van der Waals surface area contributed by atoms with Crippen LogP contribution in [0.2, 0.25) is 0 Å². The first-order chi connectivity index (χ1) is 8.31. The van der Waals surface area contributed by atoms with E-state index in [1.54, 1.807) is 6.20 Å². The molecule has 0 radical (unpaired) electrons. The average Bonchev–Trinajstić information content (AvgIpc) is 2.75. The number of hydrazine groups is 1. The topological polar surface area (TPSA) is 66.4 Å². The van der Waals surface area contributed by atoms with Crippen molar-refractivity contribution in [1.29, 1.82) is 0 Å². The Balaban J connectivity index is 1.98. The molecule has 0 aliphatic carbocycles. The number of hydrogen-bond donors (Lipinski definition) is 2. The van der Waals surface area contributed by atoms with E-state index in [0.717, 1.165) is 16.6 Å². The van der Waals surface area contributed by atoms with Crippen LogP contribution in [-0.2, 0) is 4.79 Å². The summed E-state index contributed by atoms with van der Waals surface area (Å²) in [4.78, 5) is 19.6. The Labute approximate surface area is 97.5 Å². The van der Waals surface area contributed by atoms with Crippen LogP contribution in [0.15, 0.2) is 41.5 Å². The third-order valence-electron chi connectivity index (χ3n) is 2.51. The Kier molecular flexibility index (Phi) is 2.22. The van der Waals surface area contributed by atoms with E-state index in [-0.39, 0.29) is 12.3 Å². The van der Waals surface area contributed by atoms with E-state index in [2.05, 4.69) is 20.8 Å². The van der Waals surface area contributed by atoms with Gasteiger partial charge in [-0.05, 0) is 12.1 Å². The van der Waals surface area contributed by atoms with Gasteiger partial charge < -0.3 is 0 Å². The highest BCUT2D eigenvalue weighted by molar-refractivity contribution is 6.05. The number of amidine groups is 1. The van der Waals surface area contributed by atoms with E-state index in [9.17, 15) is 4.79 Å². The lowest BCUT2D eigenvalue weighted by molar-refractivity contribution is -0.119. The van der Waals surface area contributed by atoms with Crippen LogP contribution in [0.4, 0.5) is 5.69 Å². The predicted molar refractivity (Wildman–Crippen MR) is 64.7 cm³/mol. The number of aromatic nitrogens is 1. The maximum Gasteiger partial charge on any atom is 0.245 e. The number of fused-ring (bicyclic) bond motifs is 1. The van der Waals surface area contributed by atoms with Crippen LogP contribution < -0.4 is 10.9 Å². The molecule has 1 aliphatic heterocycles. The molecule has 1 amide bonds. The molecule has 17 heavy (non-hydrogen) atoms. The Morgan fingerprint density at radius 3 is 2.94 bits per heavy atom. The minimum Gasteiger partial charge on any atom is -0.285 e. The van der Waals surface area contributed by atoms with Gasteiger partial charge in [0.15, 0.2) is 0 Å². The van der Waals surface area contributed by atoms with Gasteiger partial charge in [0.2, 0.25) is 5.91 Å². The van der Waals surface area contributed by atoms with Crippen LogP contribution >= 0.6 is 0 Å². The number of pyridine rings is 1. The zero-order valence-electron chi connectivity index (χ0n) is 8.97. The van der Waals surface area contributed by atoms with E-state index >= 15 is 0 Å². The van der Waals surface area contributed by atoms with Crippen molar-refractivity contribution in [3.05, 3.63) is 36.5 Å². The molecule has 1 aromatic carbocycles. The van der Waals surface area contributed by atoms with Crippen molar-refractivity contribution in [3.63, 3.8) is 0 Å². The Morgan fingerprint density at radius 1 is 1.24 bits per heavy atom. The number of hydrogen-bond acceptors (Lipinski definition) is 3. The van der Waals surface area contributed by atoms with Crippen LogP contribution in [0.3, 0.4) is 0 Å². The van der Waals surface area contributed by atoms with Crippen LogP contribution in [0.5, 0.6) is 0 Å². The molecule has 1 saturated heterocycles. The number of nitrogens with zero attached hydrogens (tertiary/aromatic N) is 2. The van der Waals surface area contributed by atoms with Crippen molar-refractivity contribution < 1.29 is 4.79 Å². The number of nitrogens with one attached hydrogen (secondary N) is 2. The maximum absolute atomic E-state index is 11.0. The number of amides is 1. The monoisotopic (exact) mass is 226 g/mol. The molecule has 5 nitrogen and oxygen atoms in total. The molecule has 1 aromatic heterocycles. The first-order valence-corrected chi connectivity index (χ1v) is 5.28. The van der Waals surface area contributed by atoms with Crippen molar-refractivity contribution in [2.24, 2.45) is 4.99 Å². The van der Waals surface area contributed by atoms with Gasteiger partial charge in [-0.25, -0.2) is 4.99 Å². The average molecular weight is 226 g/mol. The SMILES string of the molecule is O=C1CC(=Nc2cnc3ccccc3c2)NN1. The lowest BCUT2D eigenvalue weighted by Crippen LogP contribution is -2.28. The summed E-state index contributed by atoms with van der Waals surface area (Å²) in [6, 6.07) is 9.78. The molecule has 2 heterocycles. The standard InChI is InChI=1S/C12H10N4O/c17-12-6-11(15-16-12)14-9-5-8-3-1-2-4-10(8)13-7-9/h1-5,7H,6H2,(H,14,15)(H,16,17). The third kappa shape index (κ3) is 1.94. The molecule has 3 rings (SSSR count). The normalized spacial score (nSPS) is 17.2. The summed E-state index contributed by atoms with van der Waals surface area (Å²) < 4.78 is 0. The fourth-order valence-corrected chi connectivity index (χ4v) is 1.73. The summed E-state index contributed by atoms with van der Waals surface area (Å²) in [5, 5.41) is 1.03. The quantitative estimate of drug-likeness (QED) is 0.770. The summed E-state index contributed by atoms with van der Waals surface area (Å²) in [6.45, 7) is 0. The van der Waals surface area contributed by atoms with Crippen LogP contribution in [0.1, 0.15) is 6.42 Å². The second-order valence-electron chi connectivity index (χ2n) is 3.79. The smallest absolute Gasteiger partial charge is 0.245 e. The fourth-order valence-electron chi connectivity index (χ4n) is 1.73. The fraction of sp³-hybridized carbons (Fsp3) is 0.0833. The van der Waals surface area contributed by atoms with Gasteiger partial charge in [0.25, 0.3) is 0 Å². The van der Waals surface area contributed by atoms with Gasteiger partial charge in [-0.3, -0.25) is 20.6 Å². The van der Waals surface area contributed by atoms with Crippen LogP contribution in [0, 0.1) is 0 Å². The minimum absolute atomic E-state index is 0.0718. The van der Waals surface area contributed by atoms with Gasteiger partial charge in [0.1, 0.15) is 5.84 Å². The largest absolute Gasteiger partial charge is 0.285 e. The van der Waals surface area contributed by atoms with Gasteiger partial charge in [-0.2, -0.15) is 0 Å². The number of para-hydroxylation sites is 1. The van der Waals surface area contributed by atoms with Crippen LogP contribution in [-0.4, -0.2) is 16.7 Å². The van der Waals surface area contributed by atoms with Crippen molar-refractivity contribution in [1.82, 2.24) is 15.8 Å². The lowest BCUT2D eigenvalue weighted by atomic mass is 10.2. The molecule has 0 spiro atoms. The Hall–Kier alpha value is -2.43. The second-order valence-corrected chi connectivity index (χ2v) is 3.79. The highest BCUT2D eigenvalue weighted by Crippen LogP contribution is 2.18. The number of rotatable bonds is 1. The molecule has 0 unspecified atom stereocenters. The second kappa shape index (κ2) is 3.86. The summed E-state index contributed by atoms with van der Waals surface area (Å²) in [7, 11) is 0. The van der Waals surface area contributed by atoms with Crippen molar-refractivity contribution >= 4 is 28.3 Å². The zero-order valence-corrected chi connectivity index (χ0v) is 8.97. The van der Waals surface area contributed by atoms with Crippen LogP contribution in [0.25, 0.3) is 10.9 Å². The zero-order chi connectivity index (χ0) is 11.7. The predicted octanol–water partition coefficient (Wildman–Crippen LogP) is 1.29. The Bertz CT molecular complexity index is 621. The molecular formula is C12H10N4O. The van der Waals surface area contributed by atoms with E-state index < -0.39 is 0 Å². The van der Waals surface area contributed by atoms with E-state index in [1.807, 2.05) is 30.3 Å². The maximum atomic E-state index is 11.0. The van der Waals surface area contributed by atoms with Crippen molar-refractivity contribution in [2.45, 2.75) is 6.42 Å². The first-order valence-electron chi connectivity index (χ1n) is 5.28. The molecule has 0 bridgehead atoms. The molecule has 2 aromatic rings. The summed E-state index contributed by atoms with van der Waals surface area (Å²) >= 11 is 0. The van der Waals surface area contributed by atoms with Gasteiger partial charge in [-0.1, -0.05) is 18.2 Å². The Morgan fingerprint density at radius 2 is 2.12 bits per heavy atom. The number of benzene rings is 1. The summed E-state index contributed by atoms with van der Waals surface area (Å²) in [6.07, 6.45) is 1.98. The molecule has 5 heteroatoms. The molecule has 0 atom stereocenters. The van der Waals surface area contributed by atoms with Crippen molar-refractivity contribution in [3.8, 4) is 0 Å². The van der Waals surface area contributed by atoms with Gasteiger partial charge in [0, 0.05) is 5.39 Å². The number of aliphatic imine (C=N–C) groups is 1. The van der Waals surface area contributed by atoms with Gasteiger partial charge in [-0.15, -0.1) is 0 Å². The van der Waals surface area contributed by atoms with Gasteiger partial charge in [0.05, 0.1) is 23.8 Å². The number of carbonyl (C=O) groups excluding carboxylic acids is 1. The van der Waals surface area contributed by atoms with Crippen molar-refractivity contribution in [2.75, 3.05) is 0 Å². The van der Waals surface area contributed by atoms with Gasteiger partial charge >= 0.3 is 0 Å². The molecular weight excluding hydrogens is 216 g/mol. The molecule has 2 N–H and O–H groups in total. The first kappa shape index (κ1) is 9.77. The van der Waals surface area contributed by atoms with E-state index in [4.69, 9.17) is 0 Å². The summed E-state index contributed by atoms with van der Waals surface area (Å²) in [5.41, 5.74) is 6.89. The minimum atomic E-state index is -0.0718. The molecule has 84 valence electrons. The van der Waals surface area contributed by atoms with E-state index in [1.165, 1.54) is 0 Å². The molecule has 1 aliphatic rings. The lowest BCUT2D eigenvalue weighted by Gasteiger charge is -1.99.